The van der Waals surface area contributed by atoms with Gasteiger partial charge in [0.25, 0.3) is 0 Å². The number of methoxy groups -OCH3 is 1. The second-order valence-electron chi connectivity index (χ2n) is 9.79. The number of hydrogen-bond acceptors (Lipinski definition) is 7. The zero-order chi connectivity index (χ0) is 28.3. The van der Waals surface area contributed by atoms with Crippen molar-refractivity contribution in [3.05, 3.63) is 65.2 Å². The van der Waals surface area contributed by atoms with E-state index in [0.29, 0.717) is 24.8 Å². The first-order valence-corrected chi connectivity index (χ1v) is 14.4. The van der Waals surface area contributed by atoms with Crippen LogP contribution in [0.3, 0.4) is 0 Å². The summed E-state index contributed by atoms with van der Waals surface area (Å²) in [5, 5.41) is 26.7. The van der Waals surface area contributed by atoms with Crippen LogP contribution in [-0.2, 0) is 27.6 Å². The number of amides is 1. The number of carbonyl (C=O) groups is 1. The minimum atomic E-state index is -3.44. The second kappa shape index (κ2) is 16.7. The Balaban J connectivity index is 0.00000760. The lowest BCUT2D eigenvalue weighted by atomic mass is 10.00. The molecule has 0 aliphatic carbocycles. The Labute approximate surface area is 235 Å². The van der Waals surface area contributed by atoms with Crippen LogP contribution in [0.5, 0.6) is 5.75 Å². The van der Waals surface area contributed by atoms with Gasteiger partial charge in [-0.25, -0.2) is 17.2 Å². The molecule has 4 N–H and O–H groups in total. The fourth-order valence-electron chi connectivity index (χ4n) is 3.77. The second-order valence-corrected chi connectivity index (χ2v) is 12.1. The van der Waals surface area contributed by atoms with Crippen molar-refractivity contribution in [1.29, 1.82) is 0 Å². The number of halogens is 3. The zero-order valence-corrected chi connectivity index (χ0v) is 24.0. The third-order valence-corrected chi connectivity index (χ3v) is 7.71. The molecule has 0 bridgehead atoms. The minimum absolute atomic E-state index is 0. The largest absolute Gasteiger partial charge is 0.497 e. The number of aliphatic hydroxyl groups excluding tert-OH is 2. The molecule has 1 amide bonds. The van der Waals surface area contributed by atoms with Crippen molar-refractivity contribution >= 4 is 28.2 Å². The van der Waals surface area contributed by atoms with Crippen LogP contribution in [0.2, 0.25) is 0 Å². The zero-order valence-electron chi connectivity index (χ0n) is 22.4. The summed E-state index contributed by atoms with van der Waals surface area (Å²) in [4.78, 5) is 12.7. The lowest BCUT2D eigenvalue weighted by Gasteiger charge is -2.26. The van der Waals surface area contributed by atoms with Gasteiger partial charge in [0, 0.05) is 19.2 Å². The van der Waals surface area contributed by atoms with E-state index in [4.69, 9.17) is 4.74 Å². The minimum Gasteiger partial charge on any atom is -0.497 e. The first-order chi connectivity index (χ1) is 17.9. The van der Waals surface area contributed by atoms with Crippen LogP contribution in [0.4, 0.5) is 8.78 Å². The predicted molar refractivity (Wildman–Crippen MR) is 149 cm³/mol. The van der Waals surface area contributed by atoms with Crippen LogP contribution in [0.15, 0.2) is 42.5 Å². The Morgan fingerprint density at radius 1 is 1.00 bits per heavy atom. The van der Waals surface area contributed by atoms with E-state index in [-0.39, 0.29) is 54.8 Å². The van der Waals surface area contributed by atoms with Crippen molar-refractivity contribution in [3.8, 4) is 5.75 Å². The Bertz CT molecular complexity index is 1130. The highest BCUT2D eigenvalue weighted by atomic mass is 35.5. The average molecular weight is 593 g/mol. The molecule has 0 aliphatic rings. The maximum Gasteiger partial charge on any atom is 0.249 e. The van der Waals surface area contributed by atoms with Gasteiger partial charge in [-0.3, -0.25) is 4.79 Å². The van der Waals surface area contributed by atoms with Crippen molar-refractivity contribution in [2.24, 2.45) is 5.92 Å². The van der Waals surface area contributed by atoms with Crippen LogP contribution < -0.4 is 15.4 Å². The molecule has 3 atom stereocenters. The highest BCUT2D eigenvalue weighted by Crippen LogP contribution is 2.14. The van der Waals surface area contributed by atoms with Crippen molar-refractivity contribution in [1.82, 2.24) is 10.6 Å². The van der Waals surface area contributed by atoms with E-state index in [1.54, 1.807) is 13.2 Å². The van der Waals surface area contributed by atoms with Gasteiger partial charge in [0.05, 0.1) is 30.8 Å². The highest BCUT2D eigenvalue weighted by Gasteiger charge is 2.26. The Hall–Kier alpha value is -2.31. The first-order valence-electron chi connectivity index (χ1n) is 12.5. The Kier molecular flexibility index (Phi) is 14.9. The van der Waals surface area contributed by atoms with Gasteiger partial charge < -0.3 is 25.6 Å². The van der Waals surface area contributed by atoms with E-state index in [0.717, 1.165) is 17.7 Å². The van der Waals surface area contributed by atoms with Crippen molar-refractivity contribution in [3.63, 3.8) is 0 Å². The molecule has 0 heterocycles. The summed E-state index contributed by atoms with van der Waals surface area (Å²) < 4.78 is 57.1. The van der Waals surface area contributed by atoms with Gasteiger partial charge in [-0.15, -0.1) is 12.4 Å². The number of rotatable bonds is 16. The van der Waals surface area contributed by atoms with E-state index in [1.807, 2.05) is 32.0 Å². The molecule has 0 fully saturated rings. The number of ether oxygens (including phenoxy) is 1. The molecule has 0 saturated heterocycles. The normalized spacial score (nSPS) is 13.8. The lowest BCUT2D eigenvalue weighted by molar-refractivity contribution is -0.131. The van der Waals surface area contributed by atoms with Crippen LogP contribution >= 0.6 is 12.4 Å². The maximum atomic E-state index is 13.7. The van der Waals surface area contributed by atoms with Gasteiger partial charge in [0.15, 0.2) is 0 Å². The van der Waals surface area contributed by atoms with Crippen LogP contribution in [-0.4, -0.2) is 67.9 Å². The monoisotopic (exact) mass is 592 g/mol. The Morgan fingerprint density at radius 2 is 1.64 bits per heavy atom. The third kappa shape index (κ3) is 13.1. The molecule has 39 heavy (non-hydrogen) atoms. The summed E-state index contributed by atoms with van der Waals surface area (Å²) in [6.45, 7) is 4.19. The van der Waals surface area contributed by atoms with E-state index in [2.05, 4.69) is 10.6 Å². The topological polar surface area (TPSA) is 125 Å². The molecule has 1 unspecified atom stereocenters. The fourth-order valence-corrected chi connectivity index (χ4v) is 5.39. The van der Waals surface area contributed by atoms with Crippen molar-refractivity contribution in [2.45, 2.75) is 57.9 Å². The molecule has 0 aromatic heterocycles. The number of carbonyl (C=O) groups excluding carboxylic acids is 1. The fraction of sp³-hybridized carbons (Fsp3) is 0.519. The molecule has 8 nitrogen and oxygen atoms in total. The number of aliphatic hydroxyl groups is 2. The summed E-state index contributed by atoms with van der Waals surface area (Å²) in [6.07, 6.45) is -2.78. The van der Waals surface area contributed by atoms with Crippen LogP contribution in [0.25, 0.3) is 0 Å². The molecule has 2 aromatic rings. The summed E-state index contributed by atoms with van der Waals surface area (Å²) >= 11 is 0. The number of benzene rings is 2. The van der Waals surface area contributed by atoms with Gasteiger partial charge in [-0.2, -0.15) is 0 Å². The molecule has 0 saturated carbocycles. The van der Waals surface area contributed by atoms with Gasteiger partial charge in [0.2, 0.25) is 5.91 Å². The summed E-state index contributed by atoms with van der Waals surface area (Å²) in [5.74, 6) is -2.01. The van der Waals surface area contributed by atoms with E-state index >= 15 is 0 Å². The predicted octanol–water partition coefficient (Wildman–Crippen LogP) is 2.79. The number of nitrogens with one attached hydrogen (secondary N) is 2. The molecular formula is C27H39ClF2N2O6S. The first kappa shape index (κ1) is 34.7. The molecular weight excluding hydrogens is 554 g/mol. The standard InChI is InChI=1S/C27H38F2N2O6S.ClH/c1-18(2)7-9-38(35,36)10-8-25(32)27(34)31-24(14-20-11-21(28)15-22(29)12-20)26(33)17-30-16-19-5-4-6-23(13-19)37-3;/h4-6,11-13,15,18,24-26,30,32-33H,7-10,14,16-17H2,1-3H3,(H,31,34);1H/t24-,25?,26+;/m0./s1. The molecule has 2 rings (SSSR count). The van der Waals surface area contributed by atoms with E-state index in [9.17, 15) is 32.2 Å². The smallest absolute Gasteiger partial charge is 0.249 e. The number of sulfone groups is 1. The SMILES string of the molecule is COc1cccc(CNC[C@@H](O)[C@H](Cc2cc(F)cc(F)c2)NC(=O)C(O)CCS(=O)(=O)CCC(C)C)c1.Cl. The molecule has 0 radical (unpaired) electrons. The molecule has 12 heteroatoms. The van der Waals surface area contributed by atoms with E-state index < -0.39 is 45.6 Å². The average Bonchev–Trinajstić information content (AvgIpc) is 2.85. The van der Waals surface area contributed by atoms with Crippen LogP contribution in [0, 0.1) is 17.6 Å². The summed E-state index contributed by atoms with van der Waals surface area (Å²) in [5.41, 5.74) is 1.09. The van der Waals surface area contributed by atoms with Gasteiger partial charge in [-0.1, -0.05) is 26.0 Å². The summed E-state index contributed by atoms with van der Waals surface area (Å²) in [6, 6.07) is 9.18. The van der Waals surface area contributed by atoms with Gasteiger partial charge in [0.1, 0.15) is 33.3 Å². The van der Waals surface area contributed by atoms with Crippen LogP contribution in [0.1, 0.15) is 37.8 Å². The van der Waals surface area contributed by atoms with Gasteiger partial charge in [-0.05, 0) is 60.6 Å². The molecule has 0 aliphatic heterocycles. The quantitative estimate of drug-likeness (QED) is 0.236. The summed E-state index contributed by atoms with van der Waals surface area (Å²) in [7, 11) is -1.89. The third-order valence-electron chi connectivity index (χ3n) is 6.00. The molecule has 0 spiro atoms. The van der Waals surface area contributed by atoms with Crippen molar-refractivity contribution < 1.29 is 36.9 Å². The van der Waals surface area contributed by atoms with Gasteiger partial charge >= 0.3 is 0 Å². The van der Waals surface area contributed by atoms with E-state index in [1.165, 1.54) is 0 Å². The Morgan fingerprint density at radius 3 is 2.26 bits per heavy atom. The lowest BCUT2D eigenvalue weighted by Crippen LogP contribution is -2.51. The molecule has 220 valence electrons. The molecule has 2 aromatic carbocycles. The number of hydrogen-bond donors (Lipinski definition) is 4. The maximum absolute atomic E-state index is 13.7. The van der Waals surface area contributed by atoms with Crippen molar-refractivity contribution in [2.75, 3.05) is 25.2 Å². The highest BCUT2D eigenvalue weighted by molar-refractivity contribution is 7.91.